The van der Waals surface area contributed by atoms with Gasteiger partial charge < -0.3 is 10.5 Å². The Hall–Kier alpha value is -2.32. The van der Waals surface area contributed by atoms with Crippen molar-refractivity contribution in [3.05, 3.63) is 39.6 Å². The van der Waals surface area contributed by atoms with Crippen molar-refractivity contribution in [2.45, 2.75) is 12.8 Å². The van der Waals surface area contributed by atoms with E-state index in [0.29, 0.717) is 17.1 Å². The van der Waals surface area contributed by atoms with E-state index < -0.39 is 0 Å². The number of hydrogen-bond acceptors (Lipinski definition) is 7. The first-order valence-electron chi connectivity index (χ1n) is 6.83. The molecule has 22 heavy (non-hydrogen) atoms. The van der Waals surface area contributed by atoms with Crippen LogP contribution in [-0.2, 0) is 6.42 Å². The van der Waals surface area contributed by atoms with Crippen LogP contribution in [-0.4, -0.2) is 33.5 Å². The summed E-state index contributed by atoms with van der Waals surface area (Å²) in [6, 6.07) is 7.11. The molecule has 0 aliphatic rings. The largest absolute Gasteiger partial charge is 0.497 e. The number of methoxy groups -OCH3 is 1. The quantitative estimate of drug-likeness (QED) is 0.757. The Morgan fingerprint density at radius 1 is 1.27 bits per heavy atom. The van der Waals surface area contributed by atoms with Crippen LogP contribution in [0.1, 0.15) is 11.4 Å². The van der Waals surface area contributed by atoms with E-state index in [1.165, 1.54) is 15.9 Å². The molecule has 2 N–H and O–H groups in total. The molecule has 0 bridgehead atoms. The number of hydrogen-bond donors (Lipinski definition) is 1. The van der Waals surface area contributed by atoms with E-state index in [1.54, 1.807) is 31.4 Å². The van der Waals surface area contributed by atoms with Gasteiger partial charge in [-0.25, -0.2) is 0 Å². The van der Waals surface area contributed by atoms with Crippen molar-refractivity contribution in [1.82, 2.24) is 19.8 Å². The second-order valence-electron chi connectivity index (χ2n) is 4.66. The molecule has 3 aromatic rings. The Labute approximate surface area is 130 Å². The maximum Gasteiger partial charge on any atom is 0.302 e. The first-order chi connectivity index (χ1) is 10.7. The summed E-state index contributed by atoms with van der Waals surface area (Å²) in [5.74, 6) is 0.718. The van der Waals surface area contributed by atoms with Crippen LogP contribution in [0.15, 0.2) is 29.1 Å². The lowest BCUT2D eigenvalue weighted by molar-refractivity contribution is 0.415. The topological polar surface area (TPSA) is 95.4 Å². The Balaban J connectivity index is 2.03. The lowest BCUT2D eigenvalue weighted by atomic mass is 10.1. The number of benzene rings is 1. The number of fused-ring (bicyclic) bond motifs is 1. The summed E-state index contributed by atoms with van der Waals surface area (Å²) in [6.45, 7) is 0.591. The molecule has 0 aliphatic heterocycles. The summed E-state index contributed by atoms with van der Waals surface area (Å²) in [7, 11) is 1.59. The summed E-state index contributed by atoms with van der Waals surface area (Å²) in [5.41, 5.74) is 6.18. The number of nitrogens with two attached hydrogens (primary N) is 1. The summed E-state index contributed by atoms with van der Waals surface area (Å²) in [5, 5.41) is 13.3. The predicted octanol–water partition coefficient (Wildman–Crippen LogP) is 1.11. The highest BCUT2D eigenvalue weighted by Gasteiger charge is 2.13. The Bertz CT molecular complexity index is 841. The van der Waals surface area contributed by atoms with Crippen molar-refractivity contribution in [3.63, 3.8) is 0 Å². The monoisotopic (exact) mass is 317 g/mol. The van der Waals surface area contributed by atoms with Crippen LogP contribution in [0.25, 0.3) is 16.2 Å². The molecule has 0 saturated carbocycles. The summed E-state index contributed by atoms with van der Waals surface area (Å²) >= 11 is 1.36. The fourth-order valence-corrected chi connectivity index (χ4v) is 2.91. The van der Waals surface area contributed by atoms with Gasteiger partial charge in [0, 0.05) is 12.0 Å². The molecule has 0 atom stereocenters. The van der Waals surface area contributed by atoms with Gasteiger partial charge in [-0.15, -0.1) is 10.2 Å². The fourth-order valence-electron chi connectivity index (χ4n) is 2.04. The third kappa shape index (κ3) is 2.70. The average Bonchev–Trinajstić information content (AvgIpc) is 2.97. The highest BCUT2D eigenvalue weighted by Crippen LogP contribution is 2.19. The van der Waals surface area contributed by atoms with Crippen molar-refractivity contribution in [2.24, 2.45) is 5.73 Å². The molecule has 0 spiro atoms. The molecule has 114 valence electrons. The zero-order valence-corrected chi connectivity index (χ0v) is 12.8. The Morgan fingerprint density at radius 3 is 2.73 bits per heavy atom. The van der Waals surface area contributed by atoms with E-state index in [1.807, 2.05) is 0 Å². The zero-order valence-electron chi connectivity index (χ0n) is 12.0. The van der Waals surface area contributed by atoms with Gasteiger partial charge in [-0.1, -0.05) is 11.3 Å². The predicted molar refractivity (Wildman–Crippen MR) is 84.3 cm³/mol. The van der Waals surface area contributed by atoms with E-state index in [2.05, 4.69) is 15.3 Å². The smallest absolute Gasteiger partial charge is 0.302 e. The highest BCUT2D eigenvalue weighted by atomic mass is 32.1. The van der Waals surface area contributed by atoms with Crippen molar-refractivity contribution in [3.8, 4) is 17.0 Å². The van der Waals surface area contributed by atoms with Gasteiger partial charge in [-0.3, -0.25) is 4.79 Å². The molecule has 3 rings (SSSR count). The van der Waals surface area contributed by atoms with E-state index in [-0.39, 0.29) is 11.3 Å². The molecule has 0 saturated heterocycles. The van der Waals surface area contributed by atoms with Crippen molar-refractivity contribution < 1.29 is 4.74 Å². The molecule has 2 aromatic heterocycles. The maximum atomic E-state index is 12.5. The van der Waals surface area contributed by atoms with Crippen molar-refractivity contribution in [1.29, 1.82) is 0 Å². The van der Waals surface area contributed by atoms with Gasteiger partial charge in [0.25, 0.3) is 0 Å². The lowest BCUT2D eigenvalue weighted by Crippen LogP contribution is -2.19. The van der Waals surface area contributed by atoms with E-state index >= 15 is 0 Å². The van der Waals surface area contributed by atoms with E-state index in [4.69, 9.17) is 10.5 Å². The molecule has 0 fully saturated rings. The molecule has 0 aliphatic carbocycles. The van der Waals surface area contributed by atoms with Crippen LogP contribution in [0, 0.1) is 0 Å². The van der Waals surface area contributed by atoms with Gasteiger partial charge in [0.2, 0.25) is 4.96 Å². The van der Waals surface area contributed by atoms with Crippen molar-refractivity contribution in [2.75, 3.05) is 13.7 Å². The molecular formula is C14H15N5O2S. The van der Waals surface area contributed by atoms with Gasteiger partial charge in [-0.05, 0) is 37.2 Å². The van der Waals surface area contributed by atoms with E-state index in [0.717, 1.165) is 23.6 Å². The highest BCUT2D eigenvalue weighted by molar-refractivity contribution is 7.16. The molecule has 0 unspecified atom stereocenters. The van der Waals surface area contributed by atoms with Crippen LogP contribution in [0.5, 0.6) is 5.75 Å². The number of aryl methyl sites for hydroxylation is 1. The lowest BCUT2D eigenvalue weighted by Gasteiger charge is -2.01. The third-order valence-electron chi connectivity index (χ3n) is 3.19. The second-order valence-corrected chi connectivity index (χ2v) is 5.71. The minimum absolute atomic E-state index is 0.273. The molecular weight excluding hydrogens is 302 g/mol. The minimum Gasteiger partial charge on any atom is -0.497 e. The zero-order chi connectivity index (χ0) is 15.5. The van der Waals surface area contributed by atoms with Gasteiger partial charge >= 0.3 is 5.56 Å². The van der Waals surface area contributed by atoms with Crippen LogP contribution < -0.4 is 16.0 Å². The van der Waals surface area contributed by atoms with Gasteiger partial charge in [0.15, 0.2) is 5.69 Å². The summed E-state index contributed by atoms with van der Waals surface area (Å²) < 4.78 is 6.41. The van der Waals surface area contributed by atoms with E-state index in [9.17, 15) is 4.79 Å². The molecule has 1 aromatic carbocycles. The molecule has 0 amide bonds. The SMILES string of the molecule is COc1ccc(-c2nnc3sc(CCCN)nn3c2=O)cc1. The third-order valence-corrected chi connectivity index (χ3v) is 4.15. The molecule has 2 heterocycles. The number of ether oxygens (including phenoxy) is 1. The Kier molecular flexibility index (Phi) is 4.12. The van der Waals surface area contributed by atoms with Crippen LogP contribution in [0.2, 0.25) is 0 Å². The maximum absolute atomic E-state index is 12.5. The first-order valence-corrected chi connectivity index (χ1v) is 7.64. The molecule has 8 heteroatoms. The molecule has 0 radical (unpaired) electrons. The molecule has 7 nitrogen and oxygen atoms in total. The number of aromatic nitrogens is 4. The van der Waals surface area contributed by atoms with Gasteiger partial charge in [0.1, 0.15) is 10.8 Å². The minimum atomic E-state index is -0.273. The normalized spacial score (nSPS) is 11.0. The van der Waals surface area contributed by atoms with Crippen LogP contribution >= 0.6 is 11.3 Å². The number of rotatable bonds is 5. The summed E-state index contributed by atoms with van der Waals surface area (Å²) in [4.78, 5) is 13.0. The van der Waals surface area contributed by atoms with Crippen molar-refractivity contribution >= 4 is 16.3 Å². The second kappa shape index (κ2) is 6.20. The number of nitrogens with zero attached hydrogens (tertiary/aromatic N) is 4. The van der Waals surface area contributed by atoms with Gasteiger partial charge in [-0.2, -0.15) is 9.61 Å². The van der Waals surface area contributed by atoms with Crippen LogP contribution in [0.4, 0.5) is 0 Å². The summed E-state index contributed by atoms with van der Waals surface area (Å²) in [6.07, 6.45) is 1.56. The van der Waals surface area contributed by atoms with Gasteiger partial charge in [0.05, 0.1) is 7.11 Å². The van der Waals surface area contributed by atoms with Crippen LogP contribution in [0.3, 0.4) is 0 Å². The standard InChI is InChI=1S/C14H15N5O2S/c1-21-10-6-4-9(5-7-10)12-13(20)19-14(17-16-12)22-11(18-19)3-2-8-15/h4-7H,2-3,8,15H2,1H3. The fraction of sp³-hybridized carbons (Fsp3) is 0.286. The average molecular weight is 317 g/mol. The first kappa shape index (κ1) is 14.6. The Morgan fingerprint density at radius 2 is 2.05 bits per heavy atom.